The van der Waals surface area contributed by atoms with Crippen molar-refractivity contribution in [1.82, 2.24) is 0 Å². The summed E-state index contributed by atoms with van der Waals surface area (Å²) in [4.78, 5) is 48.1. The molecular weight excluding hydrogens is 450 g/mol. The summed E-state index contributed by atoms with van der Waals surface area (Å²) in [5.41, 5.74) is 4.51. The fourth-order valence-electron chi connectivity index (χ4n) is 2.67. The van der Waals surface area contributed by atoms with Crippen LogP contribution in [-0.2, 0) is 35.0 Å². The fraction of sp³-hybridized carbons (Fsp3) is 0.565. The van der Waals surface area contributed by atoms with E-state index in [4.69, 9.17) is 34.2 Å². The van der Waals surface area contributed by atoms with E-state index in [0.29, 0.717) is 5.56 Å². The quantitative estimate of drug-likeness (QED) is 0.297. The molecule has 190 valence electrons. The van der Waals surface area contributed by atoms with Crippen LogP contribution >= 0.6 is 0 Å². The average Bonchev–Trinajstić information content (AvgIpc) is 2.74. The second kappa shape index (κ2) is 12.8. The Hall–Kier alpha value is -3.34. The Morgan fingerprint density at radius 3 is 1.91 bits per heavy atom. The first-order valence-electron chi connectivity index (χ1n) is 10.7. The summed E-state index contributed by atoms with van der Waals surface area (Å²) in [7, 11) is 1.19. The van der Waals surface area contributed by atoms with Crippen LogP contribution in [0.4, 0.5) is 9.59 Å². The number of nitrogens with two attached hydrogens (primary N) is 1. The zero-order valence-corrected chi connectivity index (χ0v) is 20.4. The largest absolute Gasteiger partial charge is 0.513 e. The lowest BCUT2D eigenvalue weighted by molar-refractivity contribution is -0.156. The van der Waals surface area contributed by atoms with Gasteiger partial charge in [0.25, 0.3) is 0 Å². The predicted octanol–water partition coefficient (Wildman–Crippen LogP) is 3.15. The first-order chi connectivity index (χ1) is 15.9. The van der Waals surface area contributed by atoms with Crippen LogP contribution in [0.2, 0.25) is 0 Å². The van der Waals surface area contributed by atoms with Gasteiger partial charge in [-0.2, -0.15) is 0 Å². The number of hydrogen-bond donors (Lipinski definition) is 1. The van der Waals surface area contributed by atoms with Crippen molar-refractivity contribution in [3.8, 4) is 11.5 Å². The molecule has 11 nitrogen and oxygen atoms in total. The second-order valence-corrected chi connectivity index (χ2v) is 8.31. The molecule has 0 amide bonds. The summed E-state index contributed by atoms with van der Waals surface area (Å²) in [5, 5.41) is 0. The Kier molecular flexibility index (Phi) is 10.8. The van der Waals surface area contributed by atoms with E-state index in [1.54, 1.807) is 34.6 Å². The summed E-state index contributed by atoms with van der Waals surface area (Å²) in [6.07, 6.45) is -2.11. The first kappa shape index (κ1) is 28.7. The lowest BCUT2D eigenvalue weighted by Gasteiger charge is -2.27. The highest BCUT2D eigenvalue weighted by Gasteiger charge is 2.36. The first-order valence-corrected chi connectivity index (χ1v) is 10.7. The van der Waals surface area contributed by atoms with E-state index in [1.807, 2.05) is 0 Å². The molecule has 1 aromatic carbocycles. The number of methoxy groups -OCH3 is 1. The van der Waals surface area contributed by atoms with Crippen molar-refractivity contribution in [1.29, 1.82) is 0 Å². The second-order valence-electron chi connectivity index (χ2n) is 8.31. The van der Waals surface area contributed by atoms with Crippen LogP contribution in [0.15, 0.2) is 18.2 Å². The summed E-state index contributed by atoms with van der Waals surface area (Å²) in [5.74, 6) is -1.41. The van der Waals surface area contributed by atoms with Gasteiger partial charge in [0.1, 0.15) is 5.54 Å². The van der Waals surface area contributed by atoms with E-state index in [9.17, 15) is 19.2 Å². The van der Waals surface area contributed by atoms with Gasteiger partial charge in [-0.25, -0.2) is 9.59 Å². The molecule has 1 atom stereocenters. The lowest BCUT2D eigenvalue weighted by atomic mass is 9.88. The lowest BCUT2D eigenvalue weighted by Crippen LogP contribution is -2.51. The maximum absolute atomic E-state index is 12.5. The van der Waals surface area contributed by atoms with Crippen molar-refractivity contribution in [2.24, 2.45) is 11.1 Å². The molecule has 0 aliphatic rings. The molecule has 1 aromatic rings. The van der Waals surface area contributed by atoms with E-state index in [1.165, 1.54) is 25.3 Å². The number of ether oxygens (including phenoxy) is 6. The normalized spacial score (nSPS) is 12.7. The third-order valence-electron chi connectivity index (χ3n) is 4.42. The minimum Gasteiger partial charge on any atom is -0.468 e. The van der Waals surface area contributed by atoms with Crippen molar-refractivity contribution >= 4 is 24.2 Å². The van der Waals surface area contributed by atoms with Gasteiger partial charge in [0, 0.05) is 12.8 Å². The molecule has 1 rings (SSSR count). The number of rotatable bonds is 10. The third-order valence-corrected chi connectivity index (χ3v) is 4.42. The maximum atomic E-state index is 12.5. The van der Waals surface area contributed by atoms with Gasteiger partial charge in [0.2, 0.25) is 0 Å². The number of carbonyl (C=O) groups is 4. The number of carbonyl (C=O) groups excluding carboxylic acids is 4. The van der Waals surface area contributed by atoms with Crippen molar-refractivity contribution in [2.45, 2.75) is 53.0 Å². The minimum atomic E-state index is -1.56. The molecule has 0 saturated carbocycles. The highest BCUT2D eigenvalue weighted by molar-refractivity contribution is 5.81. The molecule has 0 aliphatic carbocycles. The van der Waals surface area contributed by atoms with Gasteiger partial charge in [0.05, 0.1) is 32.3 Å². The van der Waals surface area contributed by atoms with Crippen LogP contribution in [-0.4, -0.2) is 56.7 Å². The molecule has 0 fully saturated rings. The van der Waals surface area contributed by atoms with Crippen LogP contribution in [0.5, 0.6) is 11.5 Å². The molecule has 0 spiro atoms. The predicted molar refractivity (Wildman–Crippen MR) is 119 cm³/mol. The molecule has 0 aliphatic heterocycles. The SMILES string of the molecule is CCOC(=O)Oc1ccc(C[C@](N)(CCOC(=O)C(C)(C)C)C(=O)OC)cc1OC(=O)OCC. The van der Waals surface area contributed by atoms with E-state index < -0.39 is 35.2 Å². The summed E-state index contributed by atoms with van der Waals surface area (Å²) in [6, 6.07) is 4.26. The van der Waals surface area contributed by atoms with Crippen LogP contribution in [0.1, 0.15) is 46.6 Å². The maximum Gasteiger partial charge on any atom is 0.513 e. The summed E-state index contributed by atoms with van der Waals surface area (Å²) >= 11 is 0. The van der Waals surface area contributed by atoms with Crippen molar-refractivity contribution in [2.75, 3.05) is 26.9 Å². The van der Waals surface area contributed by atoms with Crippen molar-refractivity contribution < 1.29 is 47.6 Å². The number of esters is 2. The Morgan fingerprint density at radius 1 is 0.853 bits per heavy atom. The van der Waals surface area contributed by atoms with Gasteiger partial charge < -0.3 is 34.2 Å². The fourth-order valence-corrected chi connectivity index (χ4v) is 2.67. The van der Waals surface area contributed by atoms with Crippen molar-refractivity contribution in [3.05, 3.63) is 23.8 Å². The smallest absolute Gasteiger partial charge is 0.468 e. The average molecular weight is 484 g/mol. The van der Waals surface area contributed by atoms with Gasteiger partial charge >= 0.3 is 24.2 Å². The van der Waals surface area contributed by atoms with E-state index in [0.717, 1.165) is 0 Å². The zero-order chi connectivity index (χ0) is 25.9. The van der Waals surface area contributed by atoms with Crippen molar-refractivity contribution in [3.63, 3.8) is 0 Å². The zero-order valence-electron chi connectivity index (χ0n) is 20.4. The molecule has 0 unspecified atom stereocenters. The summed E-state index contributed by atoms with van der Waals surface area (Å²) in [6.45, 7) is 8.35. The molecule has 0 heterocycles. The van der Waals surface area contributed by atoms with Crippen LogP contribution in [0.25, 0.3) is 0 Å². The van der Waals surface area contributed by atoms with E-state index in [2.05, 4.69) is 0 Å². The van der Waals surface area contributed by atoms with E-state index in [-0.39, 0.29) is 44.2 Å². The number of benzene rings is 1. The Balaban J connectivity index is 3.15. The van der Waals surface area contributed by atoms with Gasteiger partial charge in [-0.1, -0.05) is 6.07 Å². The molecule has 2 N–H and O–H groups in total. The molecule has 0 radical (unpaired) electrons. The molecular formula is C23H33NO10. The van der Waals surface area contributed by atoms with Gasteiger partial charge in [-0.15, -0.1) is 0 Å². The standard InChI is InChI=1S/C23H33NO10/c1-7-30-20(27)33-16-10-9-15(13-17(16)34-21(28)31-8-2)14-23(24,19(26)29-6)11-12-32-18(25)22(3,4)5/h9-10,13H,7-8,11-12,14,24H2,1-6H3/t23-/m1/s1. The van der Waals surface area contributed by atoms with Crippen LogP contribution in [0, 0.1) is 5.41 Å². The Labute approximate surface area is 198 Å². The molecule has 11 heteroatoms. The topological polar surface area (TPSA) is 150 Å². The molecule has 34 heavy (non-hydrogen) atoms. The third kappa shape index (κ3) is 8.89. The molecule has 0 saturated heterocycles. The monoisotopic (exact) mass is 483 g/mol. The minimum absolute atomic E-state index is 0.0311. The van der Waals surface area contributed by atoms with Gasteiger partial charge in [0.15, 0.2) is 11.5 Å². The molecule has 0 bridgehead atoms. The molecule has 0 aromatic heterocycles. The van der Waals surface area contributed by atoms with Crippen LogP contribution < -0.4 is 15.2 Å². The van der Waals surface area contributed by atoms with E-state index >= 15 is 0 Å². The Bertz CT molecular complexity index is 877. The highest BCUT2D eigenvalue weighted by atomic mass is 16.7. The van der Waals surface area contributed by atoms with Gasteiger partial charge in [-0.05, 0) is 52.3 Å². The highest BCUT2D eigenvalue weighted by Crippen LogP contribution is 2.31. The van der Waals surface area contributed by atoms with Crippen LogP contribution in [0.3, 0.4) is 0 Å². The number of hydrogen-bond acceptors (Lipinski definition) is 11. The Morgan fingerprint density at radius 2 is 1.41 bits per heavy atom. The van der Waals surface area contributed by atoms with Gasteiger partial charge in [-0.3, -0.25) is 9.59 Å². The summed E-state index contributed by atoms with van der Waals surface area (Å²) < 4.78 is 29.8.